The summed E-state index contributed by atoms with van der Waals surface area (Å²) in [5, 5.41) is 15.1. The highest BCUT2D eigenvalue weighted by atomic mass is 32.2. The van der Waals surface area contributed by atoms with Gasteiger partial charge in [-0.05, 0) is 54.6 Å². The number of hydrogen-bond acceptors (Lipinski definition) is 6. The highest BCUT2D eigenvalue weighted by molar-refractivity contribution is 7.99. The molecule has 0 fully saturated rings. The van der Waals surface area contributed by atoms with E-state index in [1.54, 1.807) is 16.4 Å². The van der Waals surface area contributed by atoms with Crippen LogP contribution in [0.3, 0.4) is 0 Å². The minimum atomic E-state index is 0.625. The standard InChI is InChI=1S/C20H25N5O2S/c1-3-26-18-11-10-16(14-19(18)27-4-2)15-21-12-13-28-20-22-23-24-25(20)17-8-6-5-7-9-17/h5-11,14,21H,3-4,12-13,15H2,1-2H3/p+1. The first-order valence-electron chi connectivity index (χ1n) is 9.48. The molecule has 0 aliphatic rings. The van der Waals surface area contributed by atoms with E-state index < -0.39 is 0 Å². The summed E-state index contributed by atoms with van der Waals surface area (Å²) in [7, 11) is 0. The van der Waals surface area contributed by atoms with Gasteiger partial charge in [-0.3, -0.25) is 0 Å². The lowest BCUT2D eigenvalue weighted by molar-refractivity contribution is -0.666. The van der Waals surface area contributed by atoms with Crippen molar-refractivity contribution in [2.45, 2.75) is 25.5 Å². The van der Waals surface area contributed by atoms with E-state index in [1.807, 2.05) is 50.2 Å². The molecule has 3 aromatic rings. The van der Waals surface area contributed by atoms with Crippen LogP contribution in [0.1, 0.15) is 19.4 Å². The van der Waals surface area contributed by atoms with Crippen LogP contribution >= 0.6 is 11.8 Å². The van der Waals surface area contributed by atoms with Crippen LogP contribution in [0.2, 0.25) is 0 Å². The Morgan fingerprint density at radius 1 is 1.00 bits per heavy atom. The Labute approximate surface area is 169 Å². The Bertz CT molecular complexity index is 857. The summed E-state index contributed by atoms with van der Waals surface area (Å²) in [6, 6.07) is 16.1. The number of benzene rings is 2. The molecule has 0 spiro atoms. The number of nitrogens with zero attached hydrogens (tertiary/aromatic N) is 4. The van der Waals surface area contributed by atoms with Crippen molar-refractivity contribution in [2.24, 2.45) is 0 Å². The molecule has 0 atom stereocenters. The smallest absolute Gasteiger partial charge is 0.214 e. The molecule has 1 aromatic heterocycles. The highest BCUT2D eigenvalue weighted by Gasteiger charge is 2.10. The third kappa shape index (κ3) is 5.46. The number of tetrazole rings is 1. The summed E-state index contributed by atoms with van der Waals surface area (Å²) in [5.74, 6) is 2.53. The van der Waals surface area contributed by atoms with Crippen LogP contribution < -0.4 is 14.8 Å². The van der Waals surface area contributed by atoms with E-state index in [0.717, 1.165) is 41.2 Å². The van der Waals surface area contributed by atoms with Gasteiger partial charge in [0.15, 0.2) is 11.5 Å². The van der Waals surface area contributed by atoms with Crippen molar-refractivity contribution < 1.29 is 14.8 Å². The molecule has 0 saturated carbocycles. The van der Waals surface area contributed by atoms with Gasteiger partial charge in [-0.1, -0.05) is 30.0 Å². The fraction of sp³-hybridized carbons (Fsp3) is 0.350. The van der Waals surface area contributed by atoms with Crippen molar-refractivity contribution in [3.63, 3.8) is 0 Å². The van der Waals surface area contributed by atoms with Gasteiger partial charge in [0.2, 0.25) is 5.16 Å². The molecule has 148 valence electrons. The highest BCUT2D eigenvalue weighted by Crippen LogP contribution is 2.28. The monoisotopic (exact) mass is 400 g/mol. The number of aromatic nitrogens is 4. The molecule has 2 N–H and O–H groups in total. The van der Waals surface area contributed by atoms with Crippen molar-refractivity contribution in [1.29, 1.82) is 0 Å². The minimum Gasteiger partial charge on any atom is -0.490 e. The van der Waals surface area contributed by atoms with Gasteiger partial charge in [0.25, 0.3) is 0 Å². The molecule has 0 radical (unpaired) electrons. The summed E-state index contributed by atoms with van der Waals surface area (Å²) in [4.78, 5) is 0. The molecule has 0 bridgehead atoms. The largest absolute Gasteiger partial charge is 0.490 e. The average Bonchev–Trinajstić information content (AvgIpc) is 3.19. The van der Waals surface area contributed by atoms with Crippen molar-refractivity contribution in [1.82, 2.24) is 20.2 Å². The molecule has 0 amide bonds. The first kappa shape index (κ1) is 20.2. The summed E-state index contributed by atoms with van der Waals surface area (Å²) in [6.45, 7) is 7.06. The summed E-state index contributed by atoms with van der Waals surface area (Å²) in [6.07, 6.45) is 0. The third-order valence-corrected chi connectivity index (χ3v) is 4.94. The van der Waals surface area contributed by atoms with E-state index in [9.17, 15) is 0 Å². The van der Waals surface area contributed by atoms with E-state index in [2.05, 4.69) is 33.0 Å². The number of hydrogen-bond donors (Lipinski definition) is 1. The first-order valence-corrected chi connectivity index (χ1v) is 10.5. The predicted octanol–water partition coefficient (Wildman–Crippen LogP) is 2.32. The number of nitrogens with two attached hydrogens (primary N) is 1. The number of para-hydroxylation sites is 1. The van der Waals surface area contributed by atoms with E-state index in [0.29, 0.717) is 13.2 Å². The van der Waals surface area contributed by atoms with Gasteiger partial charge >= 0.3 is 0 Å². The number of quaternary nitrogens is 1. The quantitative estimate of drug-likeness (QED) is 0.393. The van der Waals surface area contributed by atoms with Crippen LogP contribution in [-0.2, 0) is 6.54 Å². The SMILES string of the molecule is CCOc1ccc(C[NH2+]CCSc2nnnn2-c2ccccc2)cc1OCC. The molecular formula is C20H26N5O2S+. The second-order valence-electron chi connectivity index (χ2n) is 5.99. The van der Waals surface area contributed by atoms with Gasteiger partial charge in [-0.15, -0.1) is 5.10 Å². The molecule has 0 aliphatic heterocycles. The molecule has 28 heavy (non-hydrogen) atoms. The maximum absolute atomic E-state index is 5.69. The minimum absolute atomic E-state index is 0.625. The normalized spacial score (nSPS) is 10.8. The zero-order chi connectivity index (χ0) is 19.6. The number of rotatable bonds is 11. The fourth-order valence-corrected chi connectivity index (χ4v) is 3.55. The second-order valence-corrected chi connectivity index (χ2v) is 7.05. The van der Waals surface area contributed by atoms with Gasteiger partial charge in [-0.25, -0.2) is 0 Å². The topological polar surface area (TPSA) is 78.7 Å². The molecule has 7 nitrogen and oxygen atoms in total. The van der Waals surface area contributed by atoms with Crippen LogP contribution in [0, 0.1) is 0 Å². The number of thioether (sulfide) groups is 1. The summed E-state index contributed by atoms with van der Waals surface area (Å²) < 4.78 is 13.1. The molecule has 1 heterocycles. The van der Waals surface area contributed by atoms with Gasteiger partial charge in [0.05, 0.1) is 31.2 Å². The fourth-order valence-electron chi connectivity index (χ4n) is 2.72. The first-order chi connectivity index (χ1) is 13.8. The Morgan fingerprint density at radius 2 is 1.79 bits per heavy atom. The van der Waals surface area contributed by atoms with Crippen molar-refractivity contribution >= 4 is 11.8 Å². The van der Waals surface area contributed by atoms with Crippen LogP contribution in [0.4, 0.5) is 0 Å². The van der Waals surface area contributed by atoms with E-state index >= 15 is 0 Å². The molecule has 8 heteroatoms. The second kappa shape index (κ2) is 10.7. The van der Waals surface area contributed by atoms with Crippen LogP contribution in [-0.4, -0.2) is 45.7 Å². The Morgan fingerprint density at radius 3 is 2.57 bits per heavy atom. The van der Waals surface area contributed by atoms with Gasteiger partial charge in [0.1, 0.15) is 6.54 Å². The molecule has 0 saturated heterocycles. The Hall–Kier alpha value is -2.58. The molecule has 3 rings (SSSR count). The third-order valence-electron chi connectivity index (χ3n) is 3.98. The lowest BCUT2D eigenvalue weighted by atomic mass is 10.2. The summed E-state index contributed by atoms with van der Waals surface area (Å²) in [5.41, 5.74) is 2.18. The maximum Gasteiger partial charge on any atom is 0.214 e. The van der Waals surface area contributed by atoms with Crippen LogP contribution in [0.25, 0.3) is 5.69 Å². The van der Waals surface area contributed by atoms with Gasteiger partial charge < -0.3 is 14.8 Å². The predicted molar refractivity (Wildman–Crippen MR) is 109 cm³/mol. The zero-order valence-electron chi connectivity index (χ0n) is 16.2. The lowest BCUT2D eigenvalue weighted by Gasteiger charge is -2.12. The van der Waals surface area contributed by atoms with Crippen LogP contribution in [0.5, 0.6) is 11.5 Å². The lowest BCUT2D eigenvalue weighted by Crippen LogP contribution is -2.83. The maximum atomic E-state index is 5.69. The van der Waals surface area contributed by atoms with Crippen molar-refractivity contribution in [2.75, 3.05) is 25.5 Å². The van der Waals surface area contributed by atoms with Crippen molar-refractivity contribution in [3.05, 3.63) is 54.1 Å². The van der Waals surface area contributed by atoms with Crippen LogP contribution in [0.15, 0.2) is 53.7 Å². The molecule has 0 unspecified atom stereocenters. The van der Waals surface area contributed by atoms with Gasteiger partial charge in [0, 0.05) is 5.56 Å². The zero-order valence-corrected chi connectivity index (χ0v) is 17.1. The Balaban J connectivity index is 1.48. The van der Waals surface area contributed by atoms with E-state index in [4.69, 9.17) is 9.47 Å². The van der Waals surface area contributed by atoms with E-state index in [-0.39, 0.29) is 0 Å². The molecular weight excluding hydrogens is 374 g/mol. The van der Waals surface area contributed by atoms with E-state index in [1.165, 1.54) is 5.56 Å². The molecule has 0 aliphatic carbocycles. The van der Waals surface area contributed by atoms with Crippen molar-refractivity contribution in [3.8, 4) is 17.2 Å². The Kier molecular flexibility index (Phi) is 7.69. The number of ether oxygens (including phenoxy) is 2. The molecule has 2 aromatic carbocycles. The summed E-state index contributed by atoms with van der Waals surface area (Å²) >= 11 is 1.65. The average molecular weight is 401 g/mol. The van der Waals surface area contributed by atoms with Gasteiger partial charge in [-0.2, -0.15) is 4.68 Å².